The summed E-state index contributed by atoms with van der Waals surface area (Å²) in [6.45, 7) is 7.05. The van der Waals surface area contributed by atoms with Crippen LogP contribution in [0.4, 0.5) is 0 Å². The summed E-state index contributed by atoms with van der Waals surface area (Å²) in [5.41, 5.74) is 0. The van der Waals surface area contributed by atoms with Crippen LogP contribution >= 0.6 is 0 Å². The smallest absolute Gasteiger partial charge is 0.305 e. The first-order chi connectivity index (χ1) is 20.5. The third-order valence-corrected chi connectivity index (χ3v) is 8.56. The van der Waals surface area contributed by atoms with Gasteiger partial charge in [-0.15, -0.1) is 0 Å². The number of unbranched alkanes of at least 4 members (excludes halogenated alkanes) is 19. The fourth-order valence-corrected chi connectivity index (χ4v) is 5.89. The number of rotatable bonds is 34. The van der Waals surface area contributed by atoms with Crippen LogP contribution in [0.25, 0.3) is 0 Å². The Kier molecular flexibility index (Phi) is 31.9. The molecule has 0 saturated carbocycles. The summed E-state index contributed by atoms with van der Waals surface area (Å²) in [4.78, 5) is 25.3. The van der Waals surface area contributed by atoms with E-state index >= 15 is 0 Å². The summed E-state index contributed by atoms with van der Waals surface area (Å²) in [7, 11) is 0. The molecule has 6 nitrogen and oxygen atoms in total. The number of hydrogen-bond donors (Lipinski definition) is 2. The topological polar surface area (TPSA) is 87.1 Å². The van der Waals surface area contributed by atoms with Gasteiger partial charge in [-0.1, -0.05) is 136 Å². The molecule has 0 aliphatic rings. The van der Waals surface area contributed by atoms with Crippen LogP contribution in [0.1, 0.15) is 187 Å². The Labute approximate surface area is 260 Å². The lowest BCUT2D eigenvalue weighted by Crippen LogP contribution is -2.38. The molecule has 0 radical (unpaired) electrons. The molecule has 0 heterocycles. The van der Waals surface area contributed by atoms with E-state index in [0.717, 1.165) is 90.1 Å². The first kappa shape index (κ1) is 40.9. The second-order valence-electron chi connectivity index (χ2n) is 12.5. The number of ether oxygens (including phenoxy) is 1. The number of carbonyl (C=O) groups is 2. The number of hydrogen-bond acceptors (Lipinski definition) is 5. The van der Waals surface area contributed by atoms with E-state index in [1.54, 1.807) is 0 Å². The van der Waals surface area contributed by atoms with Gasteiger partial charge in [0.25, 0.3) is 0 Å². The second kappa shape index (κ2) is 32.8. The first-order valence-electron chi connectivity index (χ1n) is 18.3. The minimum absolute atomic E-state index is 0.0359. The summed E-state index contributed by atoms with van der Waals surface area (Å²) in [6, 6.07) is 0.512. The Morgan fingerprint density at radius 2 is 1.02 bits per heavy atom. The Morgan fingerprint density at radius 3 is 1.55 bits per heavy atom. The molecule has 1 unspecified atom stereocenters. The van der Waals surface area contributed by atoms with Crippen LogP contribution in [-0.4, -0.2) is 59.4 Å². The Hall–Kier alpha value is -1.14. The van der Waals surface area contributed by atoms with Crippen LogP contribution in [0.2, 0.25) is 0 Å². The van der Waals surface area contributed by atoms with Crippen molar-refractivity contribution >= 4 is 11.9 Å². The predicted molar refractivity (Wildman–Crippen MR) is 177 cm³/mol. The number of esters is 1. The van der Waals surface area contributed by atoms with Crippen LogP contribution in [0.15, 0.2) is 0 Å². The van der Waals surface area contributed by atoms with Gasteiger partial charge in [-0.05, 0) is 45.1 Å². The van der Waals surface area contributed by atoms with Crippen molar-refractivity contribution in [2.24, 2.45) is 0 Å². The molecule has 0 amide bonds. The average molecular weight is 598 g/mol. The molecule has 0 aliphatic heterocycles. The van der Waals surface area contributed by atoms with Crippen molar-refractivity contribution in [1.29, 1.82) is 0 Å². The summed E-state index contributed by atoms with van der Waals surface area (Å²) in [6.07, 6.45) is 30.4. The quantitative estimate of drug-likeness (QED) is 0.0567. The molecular formula is C36H71NO5. The fourth-order valence-electron chi connectivity index (χ4n) is 5.89. The van der Waals surface area contributed by atoms with E-state index < -0.39 is 5.97 Å². The van der Waals surface area contributed by atoms with Crippen molar-refractivity contribution in [2.75, 3.05) is 26.3 Å². The van der Waals surface area contributed by atoms with Gasteiger partial charge in [0.15, 0.2) is 0 Å². The van der Waals surface area contributed by atoms with E-state index in [2.05, 4.69) is 18.7 Å². The molecular weight excluding hydrogens is 526 g/mol. The number of carboxylic acid groups (broad SMARTS) is 1. The van der Waals surface area contributed by atoms with Crippen molar-refractivity contribution in [1.82, 2.24) is 4.90 Å². The van der Waals surface area contributed by atoms with Crippen LogP contribution in [-0.2, 0) is 14.3 Å². The Bertz CT molecular complexity index is 585. The molecule has 42 heavy (non-hydrogen) atoms. The van der Waals surface area contributed by atoms with E-state index in [1.165, 1.54) is 83.5 Å². The number of aliphatic carboxylic acids is 1. The Morgan fingerprint density at radius 1 is 0.571 bits per heavy atom. The van der Waals surface area contributed by atoms with Gasteiger partial charge in [0.05, 0.1) is 13.2 Å². The van der Waals surface area contributed by atoms with Gasteiger partial charge >= 0.3 is 11.9 Å². The SMILES string of the molecule is CCCCCCCCCOC(=O)CCCCCCCN(CCO)C(CCCCCCCCC)CCCCCCC(=O)O. The minimum atomic E-state index is -0.695. The van der Waals surface area contributed by atoms with E-state index in [1.807, 2.05) is 0 Å². The van der Waals surface area contributed by atoms with Gasteiger partial charge in [0, 0.05) is 25.4 Å². The van der Waals surface area contributed by atoms with Crippen LogP contribution in [0, 0.1) is 0 Å². The molecule has 2 N–H and O–H groups in total. The zero-order valence-corrected chi connectivity index (χ0v) is 28.1. The van der Waals surface area contributed by atoms with Gasteiger partial charge < -0.3 is 14.9 Å². The summed E-state index contributed by atoms with van der Waals surface area (Å²) < 4.78 is 5.42. The number of aliphatic hydroxyl groups excluding tert-OH is 1. The highest BCUT2D eigenvalue weighted by atomic mass is 16.5. The molecule has 0 aromatic carbocycles. The molecule has 0 bridgehead atoms. The molecule has 0 rings (SSSR count). The molecule has 0 fully saturated rings. The van der Waals surface area contributed by atoms with Crippen LogP contribution in [0.5, 0.6) is 0 Å². The zero-order valence-electron chi connectivity index (χ0n) is 28.1. The fraction of sp³-hybridized carbons (Fsp3) is 0.944. The standard InChI is InChI=1S/C36H71NO5/c1-3-5-7-9-11-14-20-26-34(27-21-16-17-22-28-35(39)40)37(31-32-38)30-24-18-13-15-23-29-36(41)42-33-25-19-12-10-8-6-4-2/h34,38H,3-33H2,1-2H3,(H,39,40). The zero-order chi connectivity index (χ0) is 30.9. The van der Waals surface area contributed by atoms with Gasteiger partial charge in [-0.25, -0.2) is 0 Å². The summed E-state index contributed by atoms with van der Waals surface area (Å²) in [5.74, 6) is -0.731. The van der Waals surface area contributed by atoms with Crippen molar-refractivity contribution in [3.8, 4) is 0 Å². The number of nitrogens with zero attached hydrogens (tertiary/aromatic N) is 1. The molecule has 0 aromatic rings. The number of carbonyl (C=O) groups excluding carboxylic acids is 1. The molecule has 0 saturated heterocycles. The van der Waals surface area contributed by atoms with Gasteiger partial charge in [0.2, 0.25) is 0 Å². The highest BCUT2D eigenvalue weighted by Crippen LogP contribution is 2.20. The van der Waals surface area contributed by atoms with Crippen molar-refractivity contribution in [3.63, 3.8) is 0 Å². The first-order valence-corrected chi connectivity index (χ1v) is 18.3. The van der Waals surface area contributed by atoms with E-state index in [9.17, 15) is 14.7 Å². The van der Waals surface area contributed by atoms with Crippen LogP contribution in [0.3, 0.4) is 0 Å². The largest absolute Gasteiger partial charge is 0.481 e. The van der Waals surface area contributed by atoms with Crippen molar-refractivity contribution in [2.45, 2.75) is 193 Å². The van der Waals surface area contributed by atoms with Crippen molar-refractivity contribution < 1.29 is 24.5 Å². The third kappa shape index (κ3) is 29.0. The predicted octanol–water partition coefficient (Wildman–Crippen LogP) is 9.85. The van der Waals surface area contributed by atoms with Gasteiger partial charge in [0.1, 0.15) is 0 Å². The van der Waals surface area contributed by atoms with Crippen molar-refractivity contribution in [3.05, 3.63) is 0 Å². The van der Waals surface area contributed by atoms with E-state index in [-0.39, 0.29) is 19.0 Å². The average Bonchev–Trinajstić information content (AvgIpc) is 2.97. The number of carboxylic acids is 1. The second-order valence-corrected chi connectivity index (χ2v) is 12.5. The maximum absolute atomic E-state index is 12.0. The lowest BCUT2D eigenvalue weighted by Gasteiger charge is -2.32. The maximum atomic E-state index is 12.0. The van der Waals surface area contributed by atoms with E-state index in [0.29, 0.717) is 19.1 Å². The molecule has 6 heteroatoms. The Balaban J connectivity index is 4.22. The molecule has 1 atom stereocenters. The number of aliphatic hydroxyl groups is 1. The minimum Gasteiger partial charge on any atom is -0.481 e. The lowest BCUT2D eigenvalue weighted by molar-refractivity contribution is -0.144. The third-order valence-electron chi connectivity index (χ3n) is 8.56. The monoisotopic (exact) mass is 598 g/mol. The molecule has 0 aliphatic carbocycles. The van der Waals surface area contributed by atoms with Crippen LogP contribution < -0.4 is 0 Å². The van der Waals surface area contributed by atoms with E-state index in [4.69, 9.17) is 9.84 Å². The lowest BCUT2D eigenvalue weighted by atomic mass is 9.98. The molecule has 250 valence electrons. The highest BCUT2D eigenvalue weighted by Gasteiger charge is 2.17. The summed E-state index contributed by atoms with van der Waals surface area (Å²) in [5, 5.41) is 18.7. The summed E-state index contributed by atoms with van der Waals surface area (Å²) >= 11 is 0. The molecule has 0 aromatic heterocycles. The van der Waals surface area contributed by atoms with Gasteiger partial charge in [-0.3, -0.25) is 14.5 Å². The molecule has 0 spiro atoms. The highest BCUT2D eigenvalue weighted by molar-refractivity contribution is 5.69. The maximum Gasteiger partial charge on any atom is 0.305 e. The normalized spacial score (nSPS) is 12.2. The van der Waals surface area contributed by atoms with Gasteiger partial charge in [-0.2, -0.15) is 0 Å².